The van der Waals surface area contributed by atoms with Crippen molar-refractivity contribution in [1.82, 2.24) is 4.90 Å². The minimum atomic E-state index is -0.491. The number of rotatable bonds is 3. The number of hydrogen-bond donors (Lipinski definition) is 1. The van der Waals surface area contributed by atoms with Gasteiger partial charge in [-0.1, -0.05) is 12.1 Å². The van der Waals surface area contributed by atoms with Gasteiger partial charge in [0, 0.05) is 18.7 Å². The molecule has 1 aliphatic heterocycles. The van der Waals surface area contributed by atoms with Crippen LogP contribution in [0.4, 0.5) is 5.69 Å². The number of aryl methyl sites for hydroxylation is 1. The number of carbonyl (C=O) groups excluding carboxylic acids is 1. The molecule has 114 valence electrons. The van der Waals surface area contributed by atoms with E-state index in [1.165, 1.54) is 6.07 Å². The first kappa shape index (κ1) is 15.4. The van der Waals surface area contributed by atoms with Crippen molar-refractivity contribution in [2.24, 2.45) is 11.7 Å². The Morgan fingerprint density at radius 1 is 1.48 bits per heavy atom. The summed E-state index contributed by atoms with van der Waals surface area (Å²) in [4.78, 5) is 25.2. The Bertz CT molecular complexity index is 559. The zero-order valence-corrected chi connectivity index (χ0v) is 12.4. The molecule has 2 unspecified atom stereocenters. The van der Waals surface area contributed by atoms with E-state index in [-0.39, 0.29) is 29.1 Å². The number of nitrogens with zero attached hydrogens (tertiary/aromatic N) is 2. The van der Waals surface area contributed by atoms with Crippen LogP contribution in [0.3, 0.4) is 0 Å². The van der Waals surface area contributed by atoms with Crippen molar-refractivity contribution in [3.8, 4) is 0 Å². The van der Waals surface area contributed by atoms with Crippen LogP contribution in [0.2, 0.25) is 0 Å². The summed E-state index contributed by atoms with van der Waals surface area (Å²) in [6.07, 6.45) is 1.88. The number of amides is 1. The summed E-state index contributed by atoms with van der Waals surface area (Å²) in [7, 11) is 0. The molecule has 1 aliphatic rings. The molecule has 1 amide bonds. The van der Waals surface area contributed by atoms with Crippen molar-refractivity contribution in [3.63, 3.8) is 0 Å². The number of carbonyl (C=O) groups is 1. The fourth-order valence-electron chi connectivity index (χ4n) is 2.88. The Hall–Kier alpha value is -1.95. The molecule has 0 bridgehead atoms. The topological polar surface area (TPSA) is 89.5 Å². The molecule has 2 rings (SSSR count). The molecule has 0 aliphatic carbocycles. The third-order valence-corrected chi connectivity index (χ3v) is 4.24. The standard InChI is InChI=1S/C15H21N3O3/c1-10-4-3-5-13(18(20)21)14(10)15(19)17-9-12(8-16)7-6-11(17)2/h3-5,11-12H,6-9,16H2,1-2H3. The molecule has 1 aromatic carbocycles. The molecule has 1 aromatic rings. The van der Waals surface area contributed by atoms with E-state index in [0.29, 0.717) is 18.7 Å². The van der Waals surface area contributed by atoms with Crippen molar-refractivity contribution in [2.75, 3.05) is 13.1 Å². The lowest BCUT2D eigenvalue weighted by Crippen LogP contribution is -2.47. The summed E-state index contributed by atoms with van der Waals surface area (Å²) < 4.78 is 0. The van der Waals surface area contributed by atoms with Crippen LogP contribution < -0.4 is 5.73 Å². The van der Waals surface area contributed by atoms with Crippen LogP contribution in [0.5, 0.6) is 0 Å². The largest absolute Gasteiger partial charge is 0.335 e. The average Bonchev–Trinajstić information content (AvgIpc) is 2.46. The number of nitrogens with two attached hydrogens (primary N) is 1. The lowest BCUT2D eigenvalue weighted by molar-refractivity contribution is -0.385. The zero-order valence-electron chi connectivity index (χ0n) is 12.4. The number of nitro benzene ring substituents is 1. The van der Waals surface area contributed by atoms with E-state index in [4.69, 9.17) is 5.73 Å². The van der Waals surface area contributed by atoms with E-state index in [9.17, 15) is 14.9 Å². The van der Waals surface area contributed by atoms with Gasteiger partial charge in [-0.3, -0.25) is 14.9 Å². The summed E-state index contributed by atoms with van der Waals surface area (Å²) in [5.74, 6) is 0.0127. The molecule has 6 nitrogen and oxygen atoms in total. The number of likely N-dealkylation sites (tertiary alicyclic amines) is 1. The second-order valence-electron chi connectivity index (χ2n) is 5.71. The Morgan fingerprint density at radius 2 is 2.19 bits per heavy atom. The molecule has 0 spiro atoms. The van der Waals surface area contributed by atoms with Crippen molar-refractivity contribution >= 4 is 11.6 Å². The van der Waals surface area contributed by atoms with Gasteiger partial charge < -0.3 is 10.6 Å². The highest BCUT2D eigenvalue weighted by atomic mass is 16.6. The molecule has 1 saturated heterocycles. The smallest absolute Gasteiger partial charge is 0.282 e. The van der Waals surface area contributed by atoms with Crippen LogP contribution in [0.1, 0.15) is 35.7 Å². The zero-order chi connectivity index (χ0) is 15.6. The third-order valence-electron chi connectivity index (χ3n) is 4.24. The van der Waals surface area contributed by atoms with Crippen LogP contribution >= 0.6 is 0 Å². The molecule has 0 saturated carbocycles. The molecule has 1 fully saturated rings. The second kappa shape index (κ2) is 6.22. The maximum Gasteiger partial charge on any atom is 0.282 e. The van der Waals surface area contributed by atoms with Crippen molar-refractivity contribution in [2.45, 2.75) is 32.7 Å². The molecular formula is C15H21N3O3. The Morgan fingerprint density at radius 3 is 2.81 bits per heavy atom. The number of hydrogen-bond acceptors (Lipinski definition) is 4. The SMILES string of the molecule is Cc1cccc([N+](=O)[O-])c1C(=O)N1CC(CN)CCC1C. The minimum Gasteiger partial charge on any atom is -0.335 e. The Balaban J connectivity index is 2.37. The predicted molar refractivity (Wildman–Crippen MR) is 80.1 cm³/mol. The number of piperidine rings is 1. The van der Waals surface area contributed by atoms with E-state index in [1.54, 1.807) is 24.0 Å². The lowest BCUT2D eigenvalue weighted by Gasteiger charge is -2.37. The van der Waals surface area contributed by atoms with Crippen LogP contribution in [0, 0.1) is 23.0 Å². The van der Waals surface area contributed by atoms with Gasteiger partial charge in [-0.2, -0.15) is 0 Å². The third kappa shape index (κ3) is 3.05. The lowest BCUT2D eigenvalue weighted by atomic mass is 9.92. The van der Waals surface area contributed by atoms with Crippen LogP contribution in [0.15, 0.2) is 18.2 Å². The first-order chi connectivity index (χ1) is 9.95. The van der Waals surface area contributed by atoms with Gasteiger partial charge in [0.25, 0.3) is 11.6 Å². The van der Waals surface area contributed by atoms with Gasteiger partial charge in [0.05, 0.1) is 4.92 Å². The van der Waals surface area contributed by atoms with Crippen molar-refractivity contribution in [1.29, 1.82) is 0 Å². The second-order valence-corrected chi connectivity index (χ2v) is 5.71. The molecule has 0 aromatic heterocycles. The van der Waals surface area contributed by atoms with Gasteiger partial charge in [0.1, 0.15) is 5.56 Å². The minimum absolute atomic E-state index is 0.0829. The summed E-state index contributed by atoms with van der Waals surface area (Å²) >= 11 is 0. The summed E-state index contributed by atoms with van der Waals surface area (Å²) in [5, 5.41) is 11.2. The van der Waals surface area contributed by atoms with E-state index in [1.807, 2.05) is 6.92 Å². The quantitative estimate of drug-likeness (QED) is 0.682. The van der Waals surface area contributed by atoms with Crippen LogP contribution in [-0.4, -0.2) is 34.9 Å². The average molecular weight is 291 g/mol. The van der Waals surface area contributed by atoms with Crippen molar-refractivity contribution < 1.29 is 9.72 Å². The Kier molecular flexibility index (Phi) is 4.57. The fraction of sp³-hybridized carbons (Fsp3) is 0.533. The molecule has 2 atom stereocenters. The van der Waals surface area contributed by atoms with Gasteiger partial charge in [-0.25, -0.2) is 0 Å². The fourth-order valence-corrected chi connectivity index (χ4v) is 2.88. The molecule has 6 heteroatoms. The molecule has 0 radical (unpaired) electrons. The van der Waals surface area contributed by atoms with Gasteiger partial charge in [0.15, 0.2) is 0 Å². The van der Waals surface area contributed by atoms with Crippen molar-refractivity contribution in [3.05, 3.63) is 39.4 Å². The highest BCUT2D eigenvalue weighted by Crippen LogP contribution is 2.28. The van der Waals surface area contributed by atoms with E-state index < -0.39 is 4.92 Å². The molecule has 2 N–H and O–H groups in total. The van der Waals surface area contributed by atoms with Gasteiger partial charge in [0.2, 0.25) is 0 Å². The van der Waals surface area contributed by atoms with E-state index in [2.05, 4.69) is 0 Å². The maximum atomic E-state index is 12.8. The van der Waals surface area contributed by atoms with E-state index >= 15 is 0 Å². The Labute approximate surface area is 124 Å². The van der Waals surface area contributed by atoms with Gasteiger partial charge in [-0.05, 0) is 44.7 Å². The van der Waals surface area contributed by atoms with E-state index in [0.717, 1.165) is 12.8 Å². The first-order valence-electron chi connectivity index (χ1n) is 7.20. The molecular weight excluding hydrogens is 270 g/mol. The molecule has 21 heavy (non-hydrogen) atoms. The number of nitro groups is 1. The van der Waals surface area contributed by atoms with Crippen LogP contribution in [-0.2, 0) is 0 Å². The summed E-state index contributed by atoms with van der Waals surface area (Å²) in [5.41, 5.74) is 6.42. The highest BCUT2D eigenvalue weighted by molar-refractivity contribution is 5.99. The predicted octanol–water partition coefficient (Wildman–Crippen LogP) is 2.10. The maximum absolute atomic E-state index is 12.8. The van der Waals surface area contributed by atoms with Crippen LogP contribution in [0.25, 0.3) is 0 Å². The monoisotopic (exact) mass is 291 g/mol. The first-order valence-corrected chi connectivity index (χ1v) is 7.20. The van der Waals surface area contributed by atoms with Gasteiger partial charge >= 0.3 is 0 Å². The normalized spacial score (nSPS) is 22.1. The summed E-state index contributed by atoms with van der Waals surface area (Å²) in [6.45, 7) is 4.82. The highest BCUT2D eigenvalue weighted by Gasteiger charge is 2.33. The molecule has 1 heterocycles. The van der Waals surface area contributed by atoms with Gasteiger partial charge in [-0.15, -0.1) is 0 Å². The summed E-state index contributed by atoms with van der Waals surface area (Å²) in [6, 6.07) is 4.80. The number of benzene rings is 1.